The summed E-state index contributed by atoms with van der Waals surface area (Å²) in [6, 6.07) is 14.5. The Hall–Kier alpha value is -8.31. The summed E-state index contributed by atoms with van der Waals surface area (Å²) < 4.78 is 113. The highest BCUT2D eigenvalue weighted by atomic mass is 35.5. The van der Waals surface area contributed by atoms with E-state index in [0.717, 1.165) is 0 Å². The van der Waals surface area contributed by atoms with Gasteiger partial charge in [0.1, 0.15) is 22.8 Å². The van der Waals surface area contributed by atoms with Crippen LogP contribution in [0.2, 0.25) is 10.0 Å². The van der Waals surface area contributed by atoms with E-state index in [2.05, 4.69) is 72.0 Å². The van der Waals surface area contributed by atoms with E-state index in [1.807, 2.05) is 0 Å². The number of rotatable bonds is 24. The van der Waals surface area contributed by atoms with Gasteiger partial charge in [-0.25, -0.2) is 19.9 Å². The third-order valence-electron chi connectivity index (χ3n) is 11.6. The minimum Gasteiger partial charge on any atom is -0.396 e. The molecule has 430 valence electrons. The molecule has 6 aromatic heterocycles. The molecule has 2 amide bonds. The summed E-state index contributed by atoms with van der Waals surface area (Å²) in [6.45, 7) is 0.231. The topological polar surface area (TPSA) is 295 Å². The molecule has 82 heavy (non-hydrogen) atoms. The highest BCUT2D eigenvalue weighted by Crippen LogP contribution is 2.39. The van der Waals surface area contributed by atoms with Crippen LogP contribution in [-0.4, -0.2) is 98.8 Å². The summed E-state index contributed by atoms with van der Waals surface area (Å²) in [5, 5.41) is 42.4. The van der Waals surface area contributed by atoms with E-state index in [4.69, 9.17) is 42.5 Å². The number of halogens is 8. The first kappa shape index (κ1) is 59.8. The molecule has 6 heterocycles. The molecule has 0 saturated heterocycles. The highest BCUT2D eigenvalue weighted by Gasteiger charge is 2.37. The van der Waals surface area contributed by atoms with Gasteiger partial charge in [0.05, 0.1) is 69.8 Å². The number of aliphatic hydroxyl groups is 2. The smallest absolute Gasteiger partial charge is 0.396 e. The predicted octanol–water partition coefficient (Wildman–Crippen LogP) is 9.71. The van der Waals surface area contributed by atoms with Gasteiger partial charge < -0.3 is 51.2 Å². The zero-order valence-corrected chi connectivity index (χ0v) is 45.3. The molecule has 8 N–H and O–H groups in total. The summed E-state index contributed by atoms with van der Waals surface area (Å²) in [4.78, 5) is 50.5. The van der Waals surface area contributed by atoms with Gasteiger partial charge in [0.25, 0.3) is 11.8 Å². The van der Waals surface area contributed by atoms with Gasteiger partial charge in [-0.1, -0.05) is 35.3 Å². The molecule has 0 aliphatic carbocycles. The number of carbonyl (C=O) groups is 2. The molecule has 23 nitrogen and oxygen atoms in total. The monoisotopic (exact) mass is 1200 g/mol. The number of aryl methyl sites for hydroxylation is 2. The molecule has 2 aromatic carbocycles. The predicted molar refractivity (Wildman–Crippen MR) is 290 cm³/mol. The van der Waals surface area contributed by atoms with Gasteiger partial charge in [-0.15, -0.1) is 0 Å². The van der Waals surface area contributed by atoms with Crippen LogP contribution in [0.1, 0.15) is 56.1 Å². The van der Waals surface area contributed by atoms with Crippen molar-refractivity contribution in [2.24, 2.45) is 0 Å². The van der Waals surface area contributed by atoms with Gasteiger partial charge in [-0.2, -0.15) is 46.5 Å². The Morgan fingerprint density at radius 2 is 0.988 bits per heavy atom. The number of aromatic nitrogens is 10. The van der Waals surface area contributed by atoms with E-state index in [1.165, 1.54) is 87.2 Å². The van der Waals surface area contributed by atoms with Gasteiger partial charge in [0, 0.05) is 76.3 Å². The number of hydrogen-bond acceptors (Lipinski definition) is 19. The second-order valence-electron chi connectivity index (χ2n) is 17.3. The number of hydrogen-bond donors (Lipinski definition) is 8. The quantitative estimate of drug-likeness (QED) is 0.0206. The molecular weight excluding hydrogens is 1150 g/mol. The first-order valence-corrected chi connectivity index (χ1v) is 26.3. The normalized spacial score (nSPS) is 11.7. The average molecular weight is 1200 g/mol. The van der Waals surface area contributed by atoms with E-state index in [0.29, 0.717) is 72.0 Å². The molecule has 32 heteroatoms. The van der Waals surface area contributed by atoms with Crippen LogP contribution in [0, 0.1) is 0 Å². The minimum atomic E-state index is -4.93. The molecule has 0 bridgehead atoms. The van der Waals surface area contributed by atoms with Crippen molar-refractivity contribution in [3.63, 3.8) is 0 Å². The van der Waals surface area contributed by atoms with Crippen molar-refractivity contribution in [2.75, 3.05) is 48.6 Å². The standard InChI is InChI=1S/C50H47Cl2F6N16O7P/c1-59-45(77)41-39(11-9-35(65-41)29-19-63-73(23-29)13-3-15-75)67-43-31(49(53,54)55)21-61-47(71-43)69-37-7-5-27(17-33(37)51)25-80-82(79)81-26-28-6-8-38(34(52)18-28)70-48-62-22-32(50(56,57)58)44(72-48)68-40-12-10-36(66-42(40)46(78)60-2)30-20-64-74(24-30)14-4-16-76/h5-12,17-24,75-76,82H,3-4,13-16,25-26H2,1-2H3,(H,59,77)(H,60,78)(H2,61,67,69,71)(H2,62,68,70,72). The van der Waals surface area contributed by atoms with Gasteiger partial charge in [0.2, 0.25) is 11.9 Å². The molecule has 0 radical (unpaired) electrons. The third kappa shape index (κ3) is 15.2. The van der Waals surface area contributed by atoms with Crippen molar-refractivity contribution in [3.8, 4) is 22.5 Å². The fraction of sp³-hybridized carbons (Fsp3) is 0.240. The number of benzene rings is 2. The largest absolute Gasteiger partial charge is 0.421 e. The summed E-state index contributed by atoms with van der Waals surface area (Å²) >= 11 is 13.1. The molecule has 0 aliphatic heterocycles. The molecule has 0 aliphatic rings. The Kier molecular flexibility index (Phi) is 19.3. The third-order valence-corrected chi connectivity index (χ3v) is 13.0. The number of nitrogens with zero attached hydrogens (tertiary/aromatic N) is 10. The number of amides is 2. The average Bonchev–Trinajstić information content (AvgIpc) is 4.21. The summed E-state index contributed by atoms with van der Waals surface area (Å²) in [6.07, 6.45) is -1.57. The Bertz CT molecular complexity index is 3400. The van der Waals surface area contributed by atoms with Gasteiger partial charge in [-0.05, 0) is 72.5 Å². The van der Waals surface area contributed by atoms with E-state index >= 15 is 0 Å². The van der Waals surface area contributed by atoms with Crippen molar-refractivity contribution in [2.45, 2.75) is 51.5 Å². The summed E-state index contributed by atoms with van der Waals surface area (Å²) in [7, 11) is -0.500. The number of nitrogens with one attached hydrogen (secondary N) is 6. The SMILES string of the molecule is CNC(=O)c1nc(-c2cnn(CCCO)c2)ccc1Nc1nc(Nc2ccc(CO[PH](=O)OCc3ccc(Nc4ncc(C(F)(F)F)c(Nc5ccc(-c6cnn(CCCO)c6)nc5C(=O)NC)n4)c(Cl)c3)cc2Cl)ncc1C(F)(F)F. The van der Waals surface area contributed by atoms with E-state index in [1.54, 1.807) is 21.8 Å². The maximum atomic E-state index is 14.3. The number of alkyl halides is 6. The van der Waals surface area contributed by atoms with Crippen molar-refractivity contribution < 1.29 is 59.8 Å². The lowest BCUT2D eigenvalue weighted by Crippen LogP contribution is -2.21. The van der Waals surface area contributed by atoms with Crippen molar-refractivity contribution in [1.29, 1.82) is 0 Å². The molecule has 0 spiro atoms. The molecule has 0 saturated carbocycles. The van der Waals surface area contributed by atoms with Crippen molar-refractivity contribution >= 4 is 89.6 Å². The minimum absolute atomic E-state index is 0.0494. The van der Waals surface area contributed by atoms with Crippen LogP contribution in [0.3, 0.4) is 0 Å². The summed E-state index contributed by atoms with van der Waals surface area (Å²) in [5.41, 5.74) is -0.410. The first-order valence-electron chi connectivity index (χ1n) is 24.3. The maximum Gasteiger partial charge on any atom is 0.421 e. The second kappa shape index (κ2) is 26.5. The van der Waals surface area contributed by atoms with E-state index in [-0.39, 0.29) is 82.5 Å². The molecular formula is C50H47Cl2F6N16O7P. The van der Waals surface area contributed by atoms with Crippen molar-refractivity contribution in [3.05, 3.63) is 142 Å². The van der Waals surface area contributed by atoms with Crippen LogP contribution >= 0.6 is 31.5 Å². The maximum absolute atomic E-state index is 14.3. The first-order chi connectivity index (χ1) is 39.2. The zero-order chi connectivity index (χ0) is 58.7. The van der Waals surface area contributed by atoms with Crippen LogP contribution in [0.15, 0.2) is 97.8 Å². The Morgan fingerprint density at radius 3 is 1.35 bits per heavy atom. The summed E-state index contributed by atoms with van der Waals surface area (Å²) in [5.74, 6) is -3.47. The van der Waals surface area contributed by atoms with Crippen LogP contribution < -0.4 is 31.9 Å². The Balaban J connectivity index is 0.883. The van der Waals surface area contributed by atoms with Crippen LogP contribution in [0.25, 0.3) is 22.5 Å². The second-order valence-corrected chi connectivity index (χ2v) is 19.2. The lowest BCUT2D eigenvalue weighted by Gasteiger charge is -2.17. The van der Waals surface area contributed by atoms with Gasteiger partial charge >= 0.3 is 20.6 Å². The highest BCUT2D eigenvalue weighted by molar-refractivity contribution is 7.33. The number of aliphatic hydroxyl groups excluding tert-OH is 2. The molecule has 8 aromatic rings. The van der Waals surface area contributed by atoms with Crippen molar-refractivity contribution in [1.82, 2.24) is 60.1 Å². The number of pyridine rings is 2. The molecule has 8 rings (SSSR count). The van der Waals surface area contributed by atoms with Crippen LogP contribution in [0.4, 0.5) is 72.6 Å². The van der Waals surface area contributed by atoms with Crippen LogP contribution in [0.5, 0.6) is 0 Å². The molecule has 0 unspecified atom stereocenters. The van der Waals surface area contributed by atoms with Crippen LogP contribution in [-0.2, 0) is 52.3 Å². The lowest BCUT2D eigenvalue weighted by molar-refractivity contribution is -0.138. The Labute approximate surface area is 471 Å². The number of anilines is 8. The lowest BCUT2D eigenvalue weighted by atomic mass is 10.1. The van der Waals surface area contributed by atoms with Gasteiger partial charge in [-0.3, -0.25) is 23.5 Å². The van der Waals surface area contributed by atoms with E-state index < -0.39 is 55.2 Å². The van der Waals surface area contributed by atoms with E-state index in [9.17, 15) is 40.5 Å². The number of carbonyl (C=O) groups excluding carboxylic acids is 2. The van der Waals surface area contributed by atoms with Gasteiger partial charge in [0.15, 0.2) is 11.4 Å². The molecule has 0 atom stereocenters. The fourth-order valence-electron chi connectivity index (χ4n) is 7.54. The molecule has 0 fully saturated rings. The zero-order valence-electron chi connectivity index (χ0n) is 42.8. The Morgan fingerprint density at radius 1 is 0.585 bits per heavy atom. The fourth-order valence-corrected chi connectivity index (χ4v) is 8.69.